The molecule has 0 bridgehead atoms. The summed E-state index contributed by atoms with van der Waals surface area (Å²) in [6.07, 6.45) is 1.02. The van der Waals surface area contributed by atoms with E-state index in [1.165, 1.54) is 6.92 Å². The minimum absolute atomic E-state index is 0.0468. The Kier molecular flexibility index (Phi) is 3.39. The van der Waals surface area contributed by atoms with Gasteiger partial charge in [0.05, 0.1) is 5.41 Å². The quantitative estimate of drug-likeness (QED) is 0.612. The molecule has 1 saturated heterocycles. The second-order valence-corrected chi connectivity index (χ2v) is 11.6. The number of Topliss-reactive ketones (excluding diaryl/α,β-unsaturated/α-hetero) is 5. The normalized spacial score (nSPS) is 53.5. The molecular formula is C24H30O6. The van der Waals surface area contributed by atoms with Gasteiger partial charge < -0.3 is 4.74 Å². The summed E-state index contributed by atoms with van der Waals surface area (Å²) < 4.78 is 6.38. The third-order valence-electron chi connectivity index (χ3n) is 10.6. The number of epoxide rings is 1. The van der Waals surface area contributed by atoms with Crippen LogP contribution in [0.25, 0.3) is 0 Å². The van der Waals surface area contributed by atoms with Crippen LogP contribution in [0.1, 0.15) is 73.6 Å². The first-order chi connectivity index (χ1) is 13.7. The van der Waals surface area contributed by atoms with E-state index in [9.17, 15) is 24.0 Å². The monoisotopic (exact) mass is 414 g/mol. The molecule has 5 fully saturated rings. The van der Waals surface area contributed by atoms with Gasteiger partial charge in [-0.25, -0.2) is 0 Å². The van der Waals surface area contributed by atoms with Gasteiger partial charge in [-0.1, -0.05) is 27.7 Å². The number of fused-ring (bicyclic) bond motifs is 2. The van der Waals surface area contributed by atoms with Crippen LogP contribution < -0.4 is 0 Å². The summed E-state index contributed by atoms with van der Waals surface area (Å²) in [6, 6.07) is 0. The van der Waals surface area contributed by atoms with Crippen molar-refractivity contribution in [3.05, 3.63) is 0 Å². The van der Waals surface area contributed by atoms with Gasteiger partial charge in [0.2, 0.25) is 0 Å². The van der Waals surface area contributed by atoms with Gasteiger partial charge in [0.1, 0.15) is 17.3 Å². The molecule has 1 heterocycles. The highest BCUT2D eigenvalue weighted by Gasteiger charge is 2.98. The molecule has 0 aromatic rings. The zero-order valence-electron chi connectivity index (χ0n) is 18.6. The lowest BCUT2D eigenvalue weighted by molar-refractivity contribution is -0.171. The van der Waals surface area contributed by atoms with E-state index in [1.54, 1.807) is 6.92 Å². The lowest BCUT2D eigenvalue weighted by Gasteiger charge is -2.60. The van der Waals surface area contributed by atoms with E-state index < -0.39 is 38.8 Å². The second-order valence-electron chi connectivity index (χ2n) is 11.6. The summed E-state index contributed by atoms with van der Waals surface area (Å²) in [4.78, 5) is 66.3. The molecule has 30 heavy (non-hydrogen) atoms. The molecule has 0 aromatic heterocycles. The van der Waals surface area contributed by atoms with Crippen LogP contribution in [0.2, 0.25) is 0 Å². The van der Waals surface area contributed by atoms with E-state index in [-0.39, 0.29) is 54.1 Å². The SMILES string of the molecule is CC(=O)C1CC(=O)C2(C)C1(C)CC(=O)C13OC21C(=O)CC1C(C)(C)C(=O)CCC13C. The molecule has 6 nitrogen and oxygen atoms in total. The van der Waals surface area contributed by atoms with Gasteiger partial charge in [0, 0.05) is 47.8 Å². The molecule has 7 atom stereocenters. The molecule has 162 valence electrons. The van der Waals surface area contributed by atoms with E-state index in [1.807, 2.05) is 27.7 Å². The third kappa shape index (κ3) is 1.58. The highest BCUT2D eigenvalue weighted by molar-refractivity contribution is 6.15. The van der Waals surface area contributed by atoms with Crippen molar-refractivity contribution in [1.82, 2.24) is 0 Å². The fourth-order valence-electron chi connectivity index (χ4n) is 8.60. The molecule has 0 amide bonds. The number of hydrogen-bond acceptors (Lipinski definition) is 6. The summed E-state index contributed by atoms with van der Waals surface area (Å²) in [5.74, 6) is -1.48. The number of hydrogen-bond donors (Lipinski definition) is 0. The predicted molar refractivity (Wildman–Crippen MR) is 105 cm³/mol. The van der Waals surface area contributed by atoms with Crippen molar-refractivity contribution < 1.29 is 28.7 Å². The Morgan fingerprint density at radius 1 is 0.833 bits per heavy atom. The molecule has 4 saturated carbocycles. The Morgan fingerprint density at radius 2 is 1.47 bits per heavy atom. The highest BCUT2D eigenvalue weighted by Crippen LogP contribution is 2.83. The Balaban J connectivity index is 1.75. The lowest BCUT2D eigenvalue weighted by Crippen LogP contribution is -2.72. The molecule has 0 N–H and O–H groups in total. The summed E-state index contributed by atoms with van der Waals surface area (Å²) in [6.45, 7) is 10.7. The van der Waals surface area contributed by atoms with Gasteiger partial charge in [-0.3, -0.25) is 24.0 Å². The number of carbonyl (C=O) groups excluding carboxylic acids is 5. The van der Waals surface area contributed by atoms with Crippen LogP contribution in [-0.4, -0.2) is 40.1 Å². The smallest absolute Gasteiger partial charge is 0.177 e. The molecule has 6 heteroatoms. The predicted octanol–water partition coefficient (Wildman–Crippen LogP) is 2.64. The van der Waals surface area contributed by atoms with Crippen LogP contribution in [0, 0.1) is 33.5 Å². The zero-order valence-corrected chi connectivity index (χ0v) is 18.6. The Hall–Kier alpha value is -1.69. The molecule has 4 aliphatic carbocycles. The fraction of sp³-hybridized carbons (Fsp3) is 0.792. The maximum Gasteiger partial charge on any atom is 0.177 e. The van der Waals surface area contributed by atoms with Crippen molar-refractivity contribution in [2.75, 3.05) is 0 Å². The zero-order chi connectivity index (χ0) is 22.3. The minimum atomic E-state index is -1.51. The van der Waals surface area contributed by atoms with Crippen molar-refractivity contribution in [3.8, 4) is 0 Å². The standard InChI is InChI=1S/C24H30O6/c1-12(25)13-9-16(27)22(6)21(13,5)11-18(29)23-20(4)8-7-15(26)19(2,3)14(20)10-17(28)24(22,23)30-23/h13-14H,7-11H2,1-6H3. The maximum atomic E-state index is 13.9. The van der Waals surface area contributed by atoms with Crippen LogP contribution >= 0.6 is 0 Å². The second kappa shape index (κ2) is 5.03. The van der Waals surface area contributed by atoms with E-state index >= 15 is 0 Å². The van der Waals surface area contributed by atoms with Gasteiger partial charge in [-0.2, -0.15) is 0 Å². The average molecular weight is 414 g/mol. The molecule has 7 unspecified atom stereocenters. The highest BCUT2D eigenvalue weighted by atomic mass is 16.6. The van der Waals surface area contributed by atoms with E-state index in [4.69, 9.17) is 4.74 Å². The molecule has 5 rings (SSSR count). The third-order valence-corrected chi connectivity index (χ3v) is 10.6. The van der Waals surface area contributed by atoms with Gasteiger partial charge in [0.15, 0.2) is 22.8 Å². The Morgan fingerprint density at radius 3 is 2.07 bits per heavy atom. The van der Waals surface area contributed by atoms with Crippen molar-refractivity contribution in [2.24, 2.45) is 33.5 Å². The molecule has 0 aromatic carbocycles. The topological polar surface area (TPSA) is 97.9 Å². The van der Waals surface area contributed by atoms with Crippen molar-refractivity contribution in [1.29, 1.82) is 0 Å². The summed E-state index contributed by atoms with van der Waals surface area (Å²) in [5.41, 5.74) is -6.47. The fourth-order valence-corrected chi connectivity index (χ4v) is 8.60. The van der Waals surface area contributed by atoms with Crippen LogP contribution in [0.5, 0.6) is 0 Å². The average Bonchev–Trinajstić information content (AvgIpc) is 3.34. The molecule has 5 aliphatic rings. The van der Waals surface area contributed by atoms with E-state index in [2.05, 4.69) is 0 Å². The van der Waals surface area contributed by atoms with Crippen LogP contribution in [0.15, 0.2) is 0 Å². The van der Waals surface area contributed by atoms with Gasteiger partial charge in [-0.05, 0) is 26.2 Å². The molecular weight excluding hydrogens is 384 g/mol. The summed E-state index contributed by atoms with van der Waals surface area (Å²) in [5, 5.41) is 0. The van der Waals surface area contributed by atoms with Crippen LogP contribution in [0.3, 0.4) is 0 Å². The molecule has 0 spiro atoms. The van der Waals surface area contributed by atoms with Gasteiger partial charge in [-0.15, -0.1) is 0 Å². The van der Waals surface area contributed by atoms with Gasteiger partial charge >= 0.3 is 0 Å². The Labute approximate surface area is 176 Å². The first kappa shape index (κ1) is 20.2. The molecule has 0 radical (unpaired) electrons. The first-order valence-electron chi connectivity index (χ1n) is 11.0. The largest absolute Gasteiger partial charge is 0.344 e. The van der Waals surface area contributed by atoms with Crippen LogP contribution in [-0.2, 0) is 28.7 Å². The first-order valence-corrected chi connectivity index (χ1v) is 11.0. The maximum absolute atomic E-state index is 13.9. The Bertz CT molecular complexity index is 978. The number of rotatable bonds is 1. The van der Waals surface area contributed by atoms with Crippen molar-refractivity contribution in [2.45, 2.75) is 84.8 Å². The lowest BCUT2D eigenvalue weighted by atomic mass is 9.37. The number of ketones is 5. The van der Waals surface area contributed by atoms with E-state index in [0.717, 1.165) is 0 Å². The van der Waals surface area contributed by atoms with E-state index in [0.29, 0.717) is 12.8 Å². The molecule has 1 aliphatic heterocycles. The summed E-state index contributed by atoms with van der Waals surface area (Å²) >= 11 is 0. The number of ether oxygens (including phenoxy) is 1. The van der Waals surface area contributed by atoms with Crippen LogP contribution in [0.4, 0.5) is 0 Å². The number of carbonyl (C=O) groups is 5. The van der Waals surface area contributed by atoms with Gasteiger partial charge in [0.25, 0.3) is 0 Å². The van der Waals surface area contributed by atoms with Crippen molar-refractivity contribution >= 4 is 28.9 Å². The minimum Gasteiger partial charge on any atom is -0.344 e. The van der Waals surface area contributed by atoms with Crippen molar-refractivity contribution in [3.63, 3.8) is 0 Å². The summed E-state index contributed by atoms with van der Waals surface area (Å²) in [7, 11) is 0.